The van der Waals surface area contributed by atoms with Crippen LogP contribution in [0.4, 0.5) is 23.2 Å². The minimum atomic E-state index is -4.77. The minimum absolute atomic E-state index is 0.131. The Bertz CT molecular complexity index is 1120. The number of sulfonamides is 1. The summed E-state index contributed by atoms with van der Waals surface area (Å²) < 4.78 is 77.8. The molecule has 2 rings (SSSR count). The summed E-state index contributed by atoms with van der Waals surface area (Å²) in [5.74, 6) is -2.75. The summed E-state index contributed by atoms with van der Waals surface area (Å²) >= 11 is 0. The van der Waals surface area contributed by atoms with Crippen LogP contribution in [0.3, 0.4) is 0 Å². The Hall–Kier alpha value is -3.06. The van der Waals surface area contributed by atoms with Gasteiger partial charge in [0, 0.05) is 18.2 Å². The molecule has 1 atom stereocenters. The van der Waals surface area contributed by atoms with Gasteiger partial charge in [-0.1, -0.05) is 6.07 Å². The van der Waals surface area contributed by atoms with E-state index >= 15 is 0 Å². The van der Waals surface area contributed by atoms with E-state index in [1.165, 1.54) is 13.0 Å². The number of nitro benzene ring substituents is 1. The van der Waals surface area contributed by atoms with Crippen LogP contribution in [0.5, 0.6) is 0 Å². The Kier molecular flexibility index (Phi) is 7.01. The van der Waals surface area contributed by atoms with Gasteiger partial charge in [-0.3, -0.25) is 14.9 Å². The van der Waals surface area contributed by atoms with Crippen molar-refractivity contribution in [1.29, 1.82) is 0 Å². The van der Waals surface area contributed by atoms with Gasteiger partial charge in [0.05, 0.1) is 16.4 Å². The molecule has 2 aromatic carbocycles. The largest absolute Gasteiger partial charge is 0.416 e. The van der Waals surface area contributed by atoms with E-state index in [0.717, 1.165) is 25.2 Å². The van der Waals surface area contributed by atoms with Gasteiger partial charge in [0.1, 0.15) is 10.7 Å². The molecule has 0 aliphatic rings. The van der Waals surface area contributed by atoms with Crippen LogP contribution in [-0.2, 0) is 27.5 Å². The summed E-state index contributed by atoms with van der Waals surface area (Å²) in [7, 11) is -2.92. The molecule has 168 valence electrons. The SMILES string of the molecule is CNS(=O)(=O)c1ccc(C(C)C(=O)NCc2ccc(C(F)(F)F)cc2[N+](=O)[O-])cc1F. The number of carbonyl (C=O) groups excluding carboxylic acids is 1. The van der Waals surface area contributed by atoms with E-state index in [9.17, 15) is 40.9 Å². The van der Waals surface area contributed by atoms with Crippen molar-refractivity contribution in [3.05, 3.63) is 69.0 Å². The van der Waals surface area contributed by atoms with Crippen molar-refractivity contribution < 1.29 is 35.7 Å². The normalized spacial score (nSPS) is 13.0. The molecule has 0 bridgehead atoms. The smallest absolute Gasteiger partial charge is 0.351 e. The molecule has 2 aromatic rings. The summed E-state index contributed by atoms with van der Waals surface area (Å²) in [6.45, 7) is 0.948. The average Bonchev–Trinajstić information content (AvgIpc) is 2.70. The molecule has 0 aromatic heterocycles. The van der Waals surface area contributed by atoms with Crippen molar-refractivity contribution in [2.24, 2.45) is 0 Å². The van der Waals surface area contributed by atoms with Gasteiger partial charge >= 0.3 is 6.18 Å². The van der Waals surface area contributed by atoms with E-state index in [2.05, 4.69) is 5.32 Å². The van der Waals surface area contributed by atoms with Gasteiger partial charge in [0.2, 0.25) is 15.9 Å². The van der Waals surface area contributed by atoms with Gasteiger partial charge in [0.25, 0.3) is 5.69 Å². The second kappa shape index (κ2) is 8.98. The number of benzene rings is 2. The Labute approximate surface area is 174 Å². The second-order valence-corrected chi connectivity index (χ2v) is 8.29. The second-order valence-electron chi connectivity index (χ2n) is 6.44. The fourth-order valence-corrected chi connectivity index (χ4v) is 3.44. The molecule has 0 saturated heterocycles. The van der Waals surface area contributed by atoms with Gasteiger partial charge in [-0.25, -0.2) is 17.5 Å². The summed E-state index contributed by atoms with van der Waals surface area (Å²) in [4.78, 5) is 21.9. The Balaban J connectivity index is 2.19. The van der Waals surface area contributed by atoms with E-state index in [0.29, 0.717) is 12.1 Å². The number of nitrogens with one attached hydrogen (secondary N) is 2. The average molecular weight is 463 g/mol. The van der Waals surface area contributed by atoms with Gasteiger partial charge in [-0.2, -0.15) is 13.2 Å². The molecule has 0 fully saturated rings. The zero-order chi connectivity index (χ0) is 23.6. The summed E-state index contributed by atoms with van der Waals surface area (Å²) in [6.07, 6.45) is -4.77. The number of nitrogens with zero attached hydrogens (tertiary/aromatic N) is 1. The minimum Gasteiger partial charge on any atom is -0.351 e. The highest BCUT2D eigenvalue weighted by Gasteiger charge is 2.33. The van der Waals surface area contributed by atoms with E-state index < -0.39 is 61.5 Å². The van der Waals surface area contributed by atoms with E-state index in [1.807, 2.05) is 4.72 Å². The van der Waals surface area contributed by atoms with Crippen LogP contribution in [0.2, 0.25) is 0 Å². The van der Waals surface area contributed by atoms with Crippen LogP contribution < -0.4 is 10.0 Å². The van der Waals surface area contributed by atoms with Gasteiger partial charge in [0.15, 0.2) is 0 Å². The van der Waals surface area contributed by atoms with Crippen molar-refractivity contribution in [2.75, 3.05) is 7.05 Å². The van der Waals surface area contributed by atoms with Crippen molar-refractivity contribution in [1.82, 2.24) is 10.0 Å². The molecule has 13 heteroatoms. The predicted molar refractivity (Wildman–Crippen MR) is 101 cm³/mol. The first-order chi connectivity index (χ1) is 14.3. The molecule has 0 radical (unpaired) electrons. The number of hydrogen-bond acceptors (Lipinski definition) is 5. The van der Waals surface area contributed by atoms with Crippen LogP contribution in [0, 0.1) is 15.9 Å². The third-order valence-electron chi connectivity index (χ3n) is 4.47. The molecule has 8 nitrogen and oxygen atoms in total. The topological polar surface area (TPSA) is 118 Å². The first kappa shape index (κ1) is 24.2. The molecule has 0 saturated carbocycles. The van der Waals surface area contributed by atoms with Crippen LogP contribution in [0.1, 0.15) is 29.5 Å². The maximum atomic E-state index is 14.2. The molecule has 1 unspecified atom stereocenters. The summed E-state index contributed by atoms with van der Waals surface area (Å²) in [5.41, 5.74) is -2.03. The highest BCUT2D eigenvalue weighted by Crippen LogP contribution is 2.33. The number of alkyl halides is 3. The number of carbonyl (C=O) groups is 1. The first-order valence-electron chi connectivity index (χ1n) is 8.63. The fraction of sp³-hybridized carbons (Fsp3) is 0.278. The lowest BCUT2D eigenvalue weighted by atomic mass is 10.00. The molecule has 31 heavy (non-hydrogen) atoms. The highest BCUT2D eigenvalue weighted by atomic mass is 32.2. The third kappa shape index (κ3) is 5.55. The standard InChI is InChI=1S/C18H17F4N3O5S/c1-10(11-4-6-16(14(19)7-11)31(29,30)23-2)17(26)24-9-12-3-5-13(18(20,21)22)8-15(12)25(27)28/h3-8,10,23H,9H2,1-2H3,(H,24,26). The maximum absolute atomic E-state index is 14.2. The number of amides is 1. The fourth-order valence-electron chi connectivity index (χ4n) is 2.66. The monoisotopic (exact) mass is 463 g/mol. The Morgan fingerprint density at radius 1 is 1.19 bits per heavy atom. The molecular weight excluding hydrogens is 446 g/mol. The van der Waals surface area contributed by atoms with Gasteiger partial charge in [-0.15, -0.1) is 0 Å². The first-order valence-corrected chi connectivity index (χ1v) is 10.1. The zero-order valence-electron chi connectivity index (χ0n) is 16.2. The molecule has 0 aliphatic carbocycles. The van der Waals surface area contributed by atoms with Gasteiger partial charge in [-0.05, 0) is 43.8 Å². The van der Waals surface area contributed by atoms with Crippen molar-refractivity contribution in [3.8, 4) is 0 Å². The number of nitro groups is 1. The van der Waals surface area contributed by atoms with E-state index in [4.69, 9.17) is 0 Å². The maximum Gasteiger partial charge on any atom is 0.416 e. The van der Waals surface area contributed by atoms with Crippen LogP contribution in [-0.4, -0.2) is 26.3 Å². The lowest BCUT2D eigenvalue weighted by Crippen LogP contribution is -2.28. The van der Waals surface area contributed by atoms with Crippen LogP contribution >= 0.6 is 0 Å². The van der Waals surface area contributed by atoms with Crippen molar-refractivity contribution in [2.45, 2.75) is 30.5 Å². The van der Waals surface area contributed by atoms with E-state index in [-0.39, 0.29) is 11.1 Å². The molecule has 2 N–H and O–H groups in total. The van der Waals surface area contributed by atoms with Gasteiger partial charge < -0.3 is 5.32 Å². The number of halogens is 4. The lowest BCUT2D eigenvalue weighted by molar-refractivity contribution is -0.385. The lowest BCUT2D eigenvalue weighted by Gasteiger charge is -2.14. The zero-order valence-corrected chi connectivity index (χ0v) is 17.0. The quantitative estimate of drug-likeness (QED) is 0.372. The summed E-state index contributed by atoms with van der Waals surface area (Å²) in [5, 5.41) is 13.5. The molecule has 0 heterocycles. The molecule has 0 spiro atoms. The molecular formula is C18H17F4N3O5S. The van der Waals surface area contributed by atoms with Crippen molar-refractivity contribution >= 4 is 21.6 Å². The van der Waals surface area contributed by atoms with Crippen molar-refractivity contribution in [3.63, 3.8) is 0 Å². The van der Waals surface area contributed by atoms with Crippen LogP contribution in [0.25, 0.3) is 0 Å². The molecule has 1 amide bonds. The van der Waals surface area contributed by atoms with E-state index in [1.54, 1.807) is 0 Å². The highest BCUT2D eigenvalue weighted by molar-refractivity contribution is 7.89. The Morgan fingerprint density at radius 2 is 1.84 bits per heavy atom. The molecule has 0 aliphatic heterocycles. The number of hydrogen-bond donors (Lipinski definition) is 2. The predicted octanol–water partition coefficient (Wildman–Crippen LogP) is 3.08. The summed E-state index contributed by atoms with van der Waals surface area (Å²) in [6, 6.07) is 5.02. The number of rotatable bonds is 7. The third-order valence-corrected chi connectivity index (χ3v) is 5.92. The van der Waals surface area contributed by atoms with Crippen LogP contribution in [0.15, 0.2) is 41.3 Å². The Morgan fingerprint density at radius 3 is 2.35 bits per heavy atom.